The zero-order valence-electron chi connectivity index (χ0n) is 16.6. The summed E-state index contributed by atoms with van der Waals surface area (Å²) in [6, 6.07) is 9.46. The molecule has 0 aliphatic heterocycles. The van der Waals surface area contributed by atoms with Crippen LogP contribution in [0, 0.1) is 12.3 Å². The van der Waals surface area contributed by atoms with Gasteiger partial charge in [-0.15, -0.1) is 6.42 Å². The zero-order valence-corrected chi connectivity index (χ0v) is 16.6. The summed E-state index contributed by atoms with van der Waals surface area (Å²) in [5.74, 6) is 2.93. The summed E-state index contributed by atoms with van der Waals surface area (Å²) < 4.78 is 1.47. The summed E-state index contributed by atoms with van der Waals surface area (Å²) in [6.45, 7) is 1.88. The maximum absolute atomic E-state index is 12.1. The van der Waals surface area contributed by atoms with E-state index in [9.17, 15) is 4.79 Å². The van der Waals surface area contributed by atoms with Crippen molar-refractivity contribution in [1.82, 2.24) is 19.4 Å². The third kappa shape index (κ3) is 4.13. The smallest absolute Gasteiger partial charge is 0.253 e. The Bertz CT molecular complexity index is 1100. The van der Waals surface area contributed by atoms with Crippen LogP contribution in [0.1, 0.15) is 5.56 Å². The minimum absolute atomic E-state index is 0.199. The van der Waals surface area contributed by atoms with Gasteiger partial charge in [-0.3, -0.25) is 9.36 Å². The van der Waals surface area contributed by atoms with Gasteiger partial charge in [0.15, 0.2) is 0 Å². The number of likely N-dealkylation sites (N-methyl/N-ethyl adjacent to an activating group) is 2. The Labute approximate surface area is 164 Å². The number of hydrogen-bond donors (Lipinski definition) is 1. The molecular formula is C21H24N6O. The average molecular weight is 376 g/mol. The van der Waals surface area contributed by atoms with Crippen molar-refractivity contribution in [3.63, 3.8) is 0 Å². The van der Waals surface area contributed by atoms with Crippen LogP contribution in [-0.2, 0) is 7.05 Å². The van der Waals surface area contributed by atoms with Gasteiger partial charge in [0, 0.05) is 56.4 Å². The Morgan fingerprint density at radius 2 is 2.00 bits per heavy atom. The molecule has 3 rings (SSSR count). The first-order valence-electron chi connectivity index (χ1n) is 8.95. The first kappa shape index (κ1) is 19.4. The van der Waals surface area contributed by atoms with E-state index in [0.29, 0.717) is 22.5 Å². The predicted molar refractivity (Wildman–Crippen MR) is 114 cm³/mol. The Hall–Kier alpha value is -3.37. The van der Waals surface area contributed by atoms with Crippen molar-refractivity contribution in [1.29, 1.82) is 0 Å². The molecule has 0 amide bonds. The molecule has 0 saturated heterocycles. The highest BCUT2D eigenvalue weighted by molar-refractivity contribution is 5.82. The molecule has 2 aromatic heterocycles. The molecule has 144 valence electrons. The molecule has 0 unspecified atom stereocenters. The van der Waals surface area contributed by atoms with Crippen LogP contribution in [0.5, 0.6) is 0 Å². The number of nitrogens with one attached hydrogen (secondary N) is 1. The van der Waals surface area contributed by atoms with Crippen molar-refractivity contribution < 1.29 is 0 Å². The molecule has 0 saturated carbocycles. The summed E-state index contributed by atoms with van der Waals surface area (Å²) in [5.41, 5.74) is 2.75. The largest absolute Gasteiger partial charge is 0.373 e. The van der Waals surface area contributed by atoms with Gasteiger partial charge in [-0.1, -0.05) is 12.0 Å². The highest BCUT2D eigenvalue weighted by Gasteiger charge is 2.09. The van der Waals surface area contributed by atoms with Crippen molar-refractivity contribution in [2.45, 2.75) is 0 Å². The third-order valence-corrected chi connectivity index (χ3v) is 4.56. The zero-order chi connectivity index (χ0) is 20.3. The number of hydrogen-bond acceptors (Lipinski definition) is 6. The Morgan fingerprint density at radius 3 is 2.71 bits per heavy atom. The van der Waals surface area contributed by atoms with Gasteiger partial charge in [-0.25, -0.2) is 4.98 Å². The first-order valence-corrected chi connectivity index (χ1v) is 8.95. The van der Waals surface area contributed by atoms with Crippen LogP contribution >= 0.6 is 0 Å². The standard InChI is InChI=1S/C21H24N6O/c1-6-15-12-19(28)27(5)20-18(15)14-22-21(24-20)23-16-8-7-9-17(13-16)26(4)11-10-25(2)3/h1,7-9,12-14H,10-11H2,2-5H3,(H,22,23,24). The van der Waals surface area contributed by atoms with Crippen molar-refractivity contribution in [3.05, 3.63) is 52.4 Å². The fourth-order valence-corrected chi connectivity index (χ4v) is 2.83. The van der Waals surface area contributed by atoms with E-state index in [2.05, 4.69) is 58.2 Å². The second-order valence-corrected chi connectivity index (χ2v) is 6.93. The molecule has 0 spiro atoms. The number of anilines is 3. The van der Waals surface area contributed by atoms with E-state index in [1.165, 1.54) is 10.6 Å². The number of aryl methyl sites for hydroxylation is 1. The van der Waals surface area contributed by atoms with Crippen molar-refractivity contribution in [3.8, 4) is 12.3 Å². The summed E-state index contributed by atoms with van der Waals surface area (Å²) in [4.78, 5) is 25.3. The lowest BCUT2D eigenvalue weighted by Crippen LogP contribution is -2.28. The van der Waals surface area contributed by atoms with E-state index < -0.39 is 0 Å². The second kappa shape index (κ2) is 8.11. The van der Waals surface area contributed by atoms with Crippen LogP contribution in [-0.4, -0.2) is 53.7 Å². The second-order valence-electron chi connectivity index (χ2n) is 6.93. The molecule has 1 aromatic carbocycles. The minimum atomic E-state index is -0.199. The average Bonchev–Trinajstić information content (AvgIpc) is 2.69. The molecule has 0 bridgehead atoms. The Kier molecular flexibility index (Phi) is 5.62. The minimum Gasteiger partial charge on any atom is -0.373 e. The number of fused-ring (bicyclic) bond motifs is 1. The van der Waals surface area contributed by atoms with E-state index in [1.807, 2.05) is 18.2 Å². The number of aromatic nitrogens is 3. The molecule has 1 N–H and O–H groups in total. The Balaban J connectivity index is 1.89. The maximum atomic E-state index is 12.1. The lowest BCUT2D eigenvalue weighted by atomic mass is 10.2. The summed E-state index contributed by atoms with van der Waals surface area (Å²) in [7, 11) is 7.85. The normalized spacial score (nSPS) is 10.9. The molecule has 7 heteroatoms. The molecule has 0 aliphatic carbocycles. The number of benzene rings is 1. The quantitative estimate of drug-likeness (QED) is 0.664. The van der Waals surface area contributed by atoms with Crippen LogP contribution in [0.25, 0.3) is 11.0 Å². The summed E-state index contributed by atoms with van der Waals surface area (Å²) >= 11 is 0. The van der Waals surface area contributed by atoms with Crippen LogP contribution in [0.4, 0.5) is 17.3 Å². The third-order valence-electron chi connectivity index (χ3n) is 4.56. The molecule has 7 nitrogen and oxygen atoms in total. The van der Waals surface area contributed by atoms with Gasteiger partial charge in [-0.05, 0) is 32.3 Å². The van der Waals surface area contributed by atoms with Crippen molar-refractivity contribution in [2.24, 2.45) is 7.05 Å². The maximum Gasteiger partial charge on any atom is 0.253 e. The lowest BCUT2D eigenvalue weighted by molar-refractivity contribution is 0.416. The van der Waals surface area contributed by atoms with Gasteiger partial charge in [0.1, 0.15) is 5.65 Å². The monoisotopic (exact) mass is 376 g/mol. The first-order chi connectivity index (χ1) is 13.4. The molecule has 0 aliphatic rings. The van der Waals surface area contributed by atoms with Gasteiger partial charge in [-0.2, -0.15) is 4.98 Å². The number of terminal acetylenes is 1. The van der Waals surface area contributed by atoms with E-state index in [0.717, 1.165) is 24.5 Å². The number of rotatable bonds is 6. The van der Waals surface area contributed by atoms with Gasteiger partial charge in [0.25, 0.3) is 5.56 Å². The van der Waals surface area contributed by atoms with Crippen molar-refractivity contribution in [2.75, 3.05) is 44.4 Å². The number of pyridine rings is 1. The summed E-state index contributed by atoms with van der Waals surface area (Å²) in [5, 5.41) is 3.89. The van der Waals surface area contributed by atoms with Crippen LogP contribution in [0.2, 0.25) is 0 Å². The molecule has 0 radical (unpaired) electrons. The lowest BCUT2D eigenvalue weighted by Gasteiger charge is -2.22. The van der Waals surface area contributed by atoms with Gasteiger partial charge in [0.2, 0.25) is 5.95 Å². The fourth-order valence-electron chi connectivity index (χ4n) is 2.83. The van der Waals surface area contributed by atoms with Gasteiger partial charge in [0.05, 0.1) is 5.39 Å². The predicted octanol–water partition coefficient (Wildman–Crippen LogP) is 2.05. The molecule has 28 heavy (non-hydrogen) atoms. The highest BCUT2D eigenvalue weighted by Crippen LogP contribution is 2.22. The highest BCUT2D eigenvalue weighted by atomic mass is 16.1. The van der Waals surface area contributed by atoms with Crippen LogP contribution < -0.4 is 15.8 Å². The molecule has 3 aromatic rings. The van der Waals surface area contributed by atoms with Crippen molar-refractivity contribution >= 4 is 28.4 Å². The summed E-state index contributed by atoms with van der Waals surface area (Å²) in [6.07, 6.45) is 7.15. The van der Waals surface area contributed by atoms with E-state index >= 15 is 0 Å². The molecular weight excluding hydrogens is 352 g/mol. The molecule has 2 heterocycles. The number of nitrogens with zero attached hydrogens (tertiary/aromatic N) is 5. The molecule has 0 atom stereocenters. The fraction of sp³-hybridized carbons (Fsp3) is 0.286. The van der Waals surface area contributed by atoms with E-state index in [-0.39, 0.29) is 5.56 Å². The topological polar surface area (TPSA) is 66.3 Å². The van der Waals surface area contributed by atoms with Crippen LogP contribution in [0.3, 0.4) is 0 Å². The molecule has 0 fully saturated rings. The SMILES string of the molecule is C#Cc1cc(=O)n(C)c2nc(Nc3cccc(N(C)CCN(C)C)c3)ncc12. The van der Waals surface area contributed by atoms with Crippen LogP contribution in [0.15, 0.2) is 41.3 Å². The van der Waals surface area contributed by atoms with Gasteiger partial charge >= 0.3 is 0 Å². The Morgan fingerprint density at radius 1 is 1.21 bits per heavy atom. The van der Waals surface area contributed by atoms with E-state index in [1.54, 1.807) is 13.2 Å². The van der Waals surface area contributed by atoms with E-state index in [4.69, 9.17) is 6.42 Å². The van der Waals surface area contributed by atoms with Gasteiger partial charge < -0.3 is 15.1 Å².